The van der Waals surface area contributed by atoms with Gasteiger partial charge in [-0.25, -0.2) is 0 Å². The van der Waals surface area contributed by atoms with E-state index in [9.17, 15) is 0 Å². The topological polar surface area (TPSA) is 104 Å². The number of hydrogen-bond donors (Lipinski definition) is 1. The van der Waals surface area contributed by atoms with Crippen LogP contribution in [-0.4, -0.2) is 16.8 Å². The first-order valence-electron chi connectivity index (χ1n) is 1.04. The molecule has 0 aromatic rings. The number of carbonyl (C=O) groups is 1. The van der Waals surface area contributed by atoms with Crippen LogP contribution in [0, 0.1) is 10.1 Å². The molecule has 0 aromatic carbocycles. The van der Waals surface area contributed by atoms with Gasteiger partial charge in [-0.3, -0.25) is 0 Å². The second kappa shape index (κ2) is 16.3. The monoisotopic (exact) mass is 115 g/mol. The molecular formula is CH2LiNO5. The van der Waals surface area contributed by atoms with E-state index in [2.05, 4.69) is 0 Å². The van der Waals surface area contributed by atoms with Crippen LogP contribution in [0.2, 0.25) is 0 Å². The van der Waals surface area contributed by atoms with E-state index in [4.69, 9.17) is 25.2 Å². The van der Waals surface area contributed by atoms with Gasteiger partial charge >= 0.3 is 18.9 Å². The first-order valence-corrected chi connectivity index (χ1v) is 1.04. The number of rotatable bonds is 0. The molecule has 1 N–H and O–H groups in total. The molecule has 0 saturated carbocycles. The van der Waals surface area contributed by atoms with E-state index >= 15 is 0 Å². The van der Waals surface area contributed by atoms with Crippen LogP contribution in [0.25, 0.3) is 0 Å². The van der Waals surface area contributed by atoms with Crippen molar-refractivity contribution in [3.8, 4) is 0 Å². The molecule has 42 valence electrons. The average molecular weight is 115 g/mol. The van der Waals surface area contributed by atoms with Crippen molar-refractivity contribution in [2.75, 3.05) is 0 Å². The Labute approximate surface area is 56.4 Å². The molecule has 0 heterocycles. The summed E-state index contributed by atoms with van der Waals surface area (Å²) in [7, 11) is 0. The predicted molar refractivity (Wildman–Crippen MR) is 14.8 cm³/mol. The van der Waals surface area contributed by atoms with Crippen LogP contribution in [0.5, 0.6) is 0 Å². The molecule has 0 unspecified atom stereocenters. The molecule has 0 aliphatic carbocycles. The normalized spacial score (nSPS) is 4.50. The summed E-state index contributed by atoms with van der Waals surface area (Å²) >= 11 is 0. The van der Waals surface area contributed by atoms with Gasteiger partial charge in [-0.15, -0.1) is 10.1 Å². The quantitative estimate of drug-likeness (QED) is 0.147. The fraction of sp³-hybridized carbons (Fsp3) is 0. The van der Waals surface area contributed by atoms with Gasteiger partial charge in [0, 0.05) is 6.47 Å². The van der Waals surface area contributed by atoms with Crippen LogP contribution in [0.1, 0.15) is 0 Å². The Bertz CT molecular complexity index is 59.4. The van der Waals surface area contributed by atoms with E-state index in [-0.39, 0.29) is 18.9 Å². The third-order valence-electron chi connectivity index (χ3n) is 0. The zero-order valence-electron chi connectivity index (χ0n) is 4.10. The van der Waals surface area contributed by atoms with Gasteiger partial charge in [-0.1, -0.05) is 0 Å². The fourth-order valence-corrected chi connectivity index (χ4v) is 0. The summed E-state index contributed by atoms with van der Waals surface area (Å²) in [6.07, 6.45) is 0. The van der Waals surface area contributed by atoms with Crippen molar-refractivity contribution in [2.45, 2.75) is 0 Å². The Morgan fingerprint density at radius 3 is 1.62 bits per heavy atom. The van der Waals surface area contributed by atoms with E-state index in [0.717, 1.165) is 0 Å². The molecule has 0 bridgehead atoms. The average Bonchev–Trinajstić information content (AvgIpc) is 1.33. The van der Waals surface area contributed by atoms with Crippen LogP contribution < -0.4 is 24.0 Å². The summed E-state index contributed by atoms with van der Waals surface area (Å²) in [5, 5.41) is 21.9. The molecule has 6 nitrogen and oxygen atoms in total. The van der Waals surface area contributed by atoms with E-state index in [1.54, 1.807) is 0 Å². The molecule has 0 saturated heterocycles. The molecule has 0 atom stereocenters. The van der Waals surface area contributed by atoms with Crippen LogP contribution in [0.3, 0.4) is 0 Å². The molecule has 0 radical (unpaired) electrons. The molecule has 0 aliphatic heterocycles. The van der Waals surface area contributed by atoms with Gasteiger partial charge in [0.25, 0.3) is 5.09 Å². The molecule has 0 aliphatic rings. The smallest absolute Gasteiger partial charge is 0.554 e. The van der Waals surface area contributed by atoms with Crippen LogP contribution in [0.4, 0.5) is 0 Å². The summed E-state index contributed by atoms with van der Waals surface area (Å²) in [6.45, 7) is -0.500. The van der Waals surface area contributed by atoms with Gasteiger partial charge < -0.3 is 15.1 Å². The van der Waals surface area contributed by atoms with E-state index in [1.165, 1.54) is 0 Å². The van der Waals surface area contributed by atoms with E-state index in [0.29, 0.717) is 0 Å². The van der Waals surface area contributed by atoms with Crippen LogP contribution in [-0.2, 0) is 4.79 Å². The maximum absolute atomic E-state index is 8.36. The zero-order valence-corrected chi connectivity index (χ0v) is 4.10. The van der Waals surface area contributed by atoms with Crippen LogP contribution in [0.15, 0.2) is 0 Å². The second-order valence-corrected chi connectivity index (χ2v) is 0.334. The largest absolute Gasteiger partial charge is 1.00 e. The second-order valence-electron chi connectivity index (χ2n) is 0.334. The first-order chi connectivity index (χ1) is 3.15. The summed E-state index contributed by atoms with van der Waals surface area (Å²) in [5.41, 5.74) is 0. The van der Waals surface area contributed by atoms with E-state index in [1.807, 2.05) is 0 Å². The Morgan fingerprint density at radius 2 is 1.62 bits per heavy atom. The van der Waals surface area contributed by atoms with Crippen LogP contribution >= 0.6 is 0 Å². The molecule has 7 heteroatoms. The van der Waals surface area contributed by atoms with Crippen molar-refractivity contribution in [3.05, 3.63) is 10.1 Å². The van der Waals surface area contributed by atoms with Crippen molar-refractivity contribution in [1.29, 1.82) is 0 Å². The van der Waals surface area contributed by atoms with Gasteiger partial charge in [-0.05, 0) is 0 Å². The third kappa shape index (κ3) is 179. The van der Waals surface area contributed by atoms with Crippen molar-refractivity contribution in [2.24, 2.45) is 0 Å². The van der Waals surface area contributed by atoms with Gasteiger partial charge in [0.2, 0.25) is 0 Å². The molecule has 8 heavy (non-hydrogen) atoms. The minimum atomic E-state index is -1.50. The zero-order chi connectivity index (χ0) is 6.28. The standard InChI is InChI=1S/CH2O2.Li.HNO3/c2-1-3;;2-1(3)4/h1H,(H,2,3);;(H,2,3,4)/q;+1;/p-1. The summed E-state index contributed by atoms with van der Waals surface area (Å²) in [5.74, 6) is 0. The number of nitrogens with zero attached hydrogens (tertiary/aromatic N) is 1. The van der Waals surface area contributed by atoms with Gasteiger partial charge in [0.1, 0.15) is 0 Å². The summed E-state index contributed by atoms with van der Waals surface area (Å²) in [4.78, 5) is 16.6. The SMILES string of the molecule is O=C[O-].O=[N+]([O-])O.[Li+]. The maximum Gasteiger partial charge on any atom is 1.00 e. The maximum atomic E-state index is 8.36. The minimum absolute atomic E-state index is 0. The molecule has 0 rings (SSSR count). The molecule has 0 amide bonds. The Kier molecular flexibility index (Phi) is 31.9. The minimum Gasteiger partial charge on any atom is -0.554 e. The third-order valence-corrected chi connectivity index (χ3v) is 0. The number of carboxylic acid groups (broad SMARTS) is 1. The fourth-order valence-electron chi connectivity index (χ4n) is 0. The summed E-state index contributed by atoms with van der Waals surface area (Å²) < 4.78 is 0. The van der Waals surface area contributed by atoms with E-state index < -0.39 is 11.6 Å². The van der Waals surface area contributed by atoms with Crippen molar-refractivity contribution < 1.29 is 39.1 Å². The Balaban J connectivity index is -0.0000000575. The Morgan fingerprint density at radius 1 is 1.62 bits per heavy atom. The molecule has 0 fully saturated rings. The number of hydrogen-bond acceptors (Lipinski definition) is 4. The van der Waals surface area contributed by atoms with Crippen molar-refractivity contribution in [3.63, 3.8) is 0 Å². The van der Waals surface area contributed by atoms with Crippen molar-refractivity contribution >= 4 is 6.47 Å². The molecule has 0 aromatic heterocycles. The predicted octanol–water partition coefficient (Wildman–Crippen LogP) is -4.98. The van der Waals surface area contributed by atoms with Gasteiger partial charge in [0.15, 0.2) is 0 Å². The molecule has 0 spiro atoms. The number of carbonyl (C=O) groups excluding carboxylic acids is 1. The molecular weight excluding hydrogens is 113 g/mol. The van der Waals surface area contributed by atoms with Gasteiger partial charge in [-0.2, -0.15) is 0 Å². The van der Waals surface area contributed by atoms with Gasteiger partial charge in [0.05, 0.1) is 0 Å². The first kappa shape index (κ1) is 15.7. The Hall–Kier alpha value is -0.733. The van der Waals surface area contributed by atoms with Crippen molar-refractivity contribution in [1.82, 2.24) is 0 Å². The summed E-state index contributed by atoms with van der Waals surface area (Å²) in [6, 6.07) is 0.